The van der Waals surface area contributed by atoms with E-state index in [-0.39, 0.29) is 42.4 Å². The Morgan fingerprint density at radius 2 is 1.97 bits per heavy atom. The standard InChI is InChI=1S/C27H33Cl2N3O4/c1-16-12-32(17(2)15-33)27(35)21-11-20(30-26(34)19-5-6-19)7-9-24(21)36-25(16)14-31(3)13-18-4-8-22(28)23(29)10-18/h4,7-11,16-17,19,25,33H,5-6,12-15H2,1-3H3,(H,30,34)/t16-,17-,25+/m1/s1. The molecule has 1 aliphatic heterocycles. The predicted molar refractivity (Wildman–Crippen MR) is 142 cm³/mol. The Kier molecular flexibility index (Phi) is 8.45. The lowest BCUT2D eigenvalue weighted by molar-refractivity contribution is -0.117. The minimum absolute atomic E-state index is 0.00148. The van der Waals surface area contributed by atoms with Crippen LogP contribution in [0, 0.1) is 11.8 Å². The van der Waals surface area contributed by atoms with Crippen LogP contribution in [0.1, 0.15) is 42.6 Å². The number of rotatable bonds is 8. The zero-order chi connectivity index (χ0) is 26.0. The number of aliphatic hydroxyl groups excluding tert-OH is 1. The van der Waals surface area contributed by atoms with Gasteiger partial charge < -0.3 is 20.1 Å². The number of hydrogen-bond acceptors (Lipinski definition) is 5. The molecule has 1 aliphatic carbocycles. The predicted octanol–water partition coefficient (Wildman–Crippen LogP) is 4.69. The van der Waals surface area contributed by atoms with Crippen molar-refractivity contribution in [3.63, 3.8) is 0 Å². The molecule has 2 aromatic rings. The van der Waals surface area contributed by atoms with Crippen LogP contribution in [-0.2, 0) is 11.3 Å². The van der Waals surface area contributed by atoms with E-state index < -0.39 is 0 Å². The molecule has 9 heteroatoms. The summed E-state index contributed by atoms with van der Waals surface area (Å²) in [6.07, 6.45) is 1.58. The van der Waals surface area contributed by atoms with Gasteiger partial charge in [-0.05, 0) is 62.7 Å². The Labute approximate surface area is 222 Å². The molecule has 1 fully saturated rings. The molecule has 1 heterocycles. The van der Waals surface area contributed by atoms with Crippen LogP contribution in [0.4, 0.5) is 5.69 Å². The highest BCUT2D eigenvalue weighted by molar-refractivity contribution is 6.42. The van der Waals surface area contributed by atoms with Gasteiger partial charge in [0.1, 0.15) is 11.9 Å². The van der Waals surface area contributed by atoms with E-state index in [0.29, 0.717) is 46.7 Å². The highest BCUT2D eigenvalue weighted by Crippen LogP contribution is 2.33. The summed E-state index contributed by atoms with van der Waals surface area (Å²) < 4.78 is 6.44. The van der Waals surface area contributed by atoms with Gasteiger partial charge in [-0.15, -0.1) is 0 Å². The van der Waals surface area contributed by atoms with Crippen LogP contribution in [0.2, 0.25) is 10.0 Å². The molecular weight excluding hydrogens is 501 g/mol. The van der Waals surface area contributed by atoms with Crippen molar-refractivity contribution >= 4 is 40.7 Å². The average molecular weight is 534 g/mol. The fourth-order valence-electron chi connectivity index (χ4n) is 4.43. The van der Waals surface area contributed by atoms with Gasteiger partial charge in [0.2, 0.25) is 5.91 Å². The zero-order valence-corrected chi connectivity index (χ0v) is 22.4. The summed E-state index contributed by atoms with van der Waals surface area (Å²) in [5.74, 6) is 0.288. The fraction of sp³-hybridized carbons (Fsp3) is 0.481. The summed E-state index contributed by atoms with van der Waals surface area (Å²) >= 11 is 12.2. The minimum Gasteiger partial charge on any atom is -0.488 e. The van der Waals surface area contributed by atoms with Gasteiger partial charge in [-0.1, -0.05) is 36.2 Å². The molecule has 2 N–H and O–H groups in total. The number of aliphatic hydroxyl groups is 1. The number of halogens is 2. The molecule has 0 saturated heterocycles. The minimum atomic E-state index is -0.356. The molecule has 3 atom stereocenters. The molecule has 0 bridgehead atoms. The highest BCUT2D eigenvalue weighted by atomic mass is 35.5. The molecule has 7 nitrogen and oxygen atoms in total. The number of hydrogen-bond donors (Lipinski definition) is 2. The van der Waals surface area contributed by atoms with Crippen molar-refractivity contribution in [1.82, 2.24) is 9.80 Å². The lowest BCUT2D eigenvalue weighted by Gasteiger charge is -2.38. The first-order valence-corrected chi connectivity index (χ1v) is 13.1. The number of nitrogens with zero attached hydrogens (tertiary/aromatic N) is 2. The van der Waals surface area contributed by atoms with Crippen molar-refractivity contribution in [2.45, 2.75) is 45.4 Å². The third-order valence-electron chi connectivity index (χ3n) is 6.81. The summed E-state index contributed by atoms with van der Waals surface area (Å²) in [7, 11) is 2.01. The Morgan fingerprint density at radius 1 is 1.22 bits per heavy atom. The highest BCUT2D eigenvalue weighted by Gasteiger charge is 2.34. The summed E-state index contributed by atoms with van der Waals surface area (Å²) in [6.45, 7) is 5.43. The molecule has 0 aromatic heterocycles. The number of amides is 2. The van der Waals surface area contributed by atoms with E-state index in [1.165, 1.54) is 0 Å². The van der Waals surface area contributed by atoms with E-state index in [2.05, 4.69) is 17.1 Å². The van der Waals surface area contributed by atoms with Crippen LogP contribution in [0.5, 0.6) is 5.75 Å². The Hall–Kier alpha value is -2.32. The summed E-state index contributed by atoms with van der Waals surface area (Å²) in [4.78, 5) is 29.7. The molecule has 0 radical (unpaired) electrons. The smallest absolute Gasteiger partial charge is 0.258 e. The quantitative estimate of drug-likeness (QED) is 0.514. The zero-order valence-electron chi connectivity index (χ0n) is 20.8. The topological polar surface area (TPSA) is 82.1 Å². The first-order chi connectivity index (χ1) is 17.2. The van der Waals surface area contributed by atoms with Gasteiger partial charge >= 0.3 is 0 Å². The summed E-state index contributed by atoms with van der Waals surface area (Å²) in [5, 5.41) is 13.8. The fourth-order valence-corrected chi connectivity index (χ4v) is 4.75. The molecule has 0 spiro atoms. The maximum atomic E-state index is 13.5. The second-order valence-electron chi connectivity index (χ2n) is 10.0. The van der Waals surface area contributed by atoms with Crippen molar-refractivity contribution in [3.8, 4) is 5.75 Å². The normalized spacial score (nSPS) is 20.9. The maximum Gasteiger partial charge on any atom is 0.258 e. The number of anilines is 1. The van der Waals surface area contributed by atoms with Crippen LogP contribution in [0.15, 0.2) is 36.4 Å². The third-order valence-corrected chi connectivity index (χ3v) is 7.55. The van der Waals surface area contributed by atoms with Crippen LogP contribution >= 0.6 is 23.2 Å². The summed E-state index contributed by atoms with van der Waals surface area (Å²) in [6, 6.07) is 10.4. The molecular formula is C27H33Cl2N3O4. The molecule has 2 aliphatic rings. The molecule has 36 heavy (non-hydrogen) atoms. The first kappa shape index (κ1) is 26.7. The van der Waals surface area contributed by atoms with Crippen molar-refractivity contribution in [1.29, 1.82) is 0 Å². The molecule has 2 aromatic carbocycles. The van der Waals surface area contributed by atoms with Crippen LogP contribution in [0.25, 0.3) is 0 Å². The van der Waals surface area contributed by atoms with Gasteiger partial charge in [0.25, 0.3) is 5.91 Å². The lowest BCUT2D eigenvalue weighted by atomic mass is 9.99. The Balaban J connectivity index is 1.57. The molecule has 1 saturated carbocycles. The van der Waals surface area contributed by atoms with E-state index in [0.717, 1.165) is 18.4 Å². The first-order valence-electron chi connectivity index (χ1n) is 12.3. The number of ether oxygens (including phenoxy) is 1. The van der Waals surface area contributed by atoms with Crippen molar-refractivity contribution < 1.29 is 19.4 Å². The molecule has 4 rings (SSSR count). The van der Waals surface area contributed by atoms with Crippen LogP contribution < -0.4 is 10.1 Å². The van der Waals surface area contributed by atoms with Gasteiger partial charge in [-0.2, -0.15) is 0 Å². The lowest BCUT2D eigenvalue weighted by Crippen LogP contribution is -2.49. The van der Waals surface area contributed by atoms with Gasteiger partial charge in [0, 0.05) is 37.2 Å². The number of carbonyl (C=O) groups excluding carboxylic acids is 2. The van der Waals surface area contributed by atoms with E-state index in [1.807, 2.05) is 26.1 Å². The van der Waals surface area contributed by atoms with Crippen molar-refractivity contribution in [2.24, 2.45) is 11.8 Å². The van der Waals surface area contributed by atoms with Gasteiger partial charge in [0.15, 0.2) is 0 Å². The Morgan fingerprint density at radius 3 is 2.64 bits per heavy atom. The molecule has 2 amide bonds. The second-order valence-corrected chi connectivity index (χ2v) is 10.9. The third kappa shape index (κ3) is 6.32. The van der Waals surface area contributed by atoms with Gasteiger partial charge in [-0.3, -0.25) is 14.5 Å². The van der Waals surface area contributed by atoms with Gasteiger partial charge in [-0.25, -0.2) is 0 Å². The number of benzene rings is 2. The van der Waals surface area contributed by atoms with Crippen LogP contribution in [-0.4, -0.2) is 65.6 Å². The monoisotopic (exact) mass is 533 g/mol. The number of likely N-dealkylation sites (N-methyl/N-ethyl adjacent to an activating group) is 1. The van der Waals surface area contributed by atoms with Crippen molar-refractivity contribution in [2.75, 3.05) is 32.1 Å². The van der Waals surface area contributed by atoms with E-state index in [1.54, 1.807) is 29.2 Å². The van der Waals surface area contributed by atoms with E-state index in [9.17, 15) is 14.7 Å². The summed E-state index contributed by atoms with van der Waals surface area (Å²) in [5.41, 5.74) is 1.99. The van der Waals surface area contributed by atoms with Crippen LogP contribution in [0.3, 0.4) is 0 Å². The van der Waals surface area contributed by atoms with E-state index >= 15 is 0 Å². The Bertz CT molecular complexity index is 1120. The second kappa shape index (κ2) is 11.4. The number of fused-ring (bicyclic) bond motifs is 1. The van der Waals surface area contributed by atoms with Crippen molar-refractivity contribution in [3.05, 3.63) is 57.6 Å². The average Bonchev–Trinajstić information content (AvgIpc) is 3.69. The van der Waals surface area contributed by atoms with E-state index in [4.69, 9.17) is 27.9 Å². The SMILES string of the molecule is C[C@@H]1CN([C@H](C)CO)C(=O)c2cc(NC(=O)C3CC3)ccc2O[C@H]1CN(C)Cc1ccc(Cl)c(Cl)c1. The van der Waals surface area contributed by atoms with Gasteiger partial charge in [0.05, 0.1) is 28.3 Å². The largest absolute Gasteiger partial charge is 0.488 e. The molecule has 194 valence electrons. The number of carbonyl (C=O) groups is 2. The molecule has 0 unspecified atom stereocenters. The number of nitrogens with one attached hydrogen (secondary N) is 1. The maximum absolute atomic E-state index is 13.5.